The zero-order valence-electron chi connectivity index (χ0n) is 22.2. The van der Waals surface area contributed by atoms with E-state index in [0.29, 0.717) is 40.7 Å². The maximum atomic E-state index is 13.8. The highest BCUT2D eigenvalue weighted by Crippen LogP contribution is 2.46. The lowest BCUT2D eigenvalue weighted by Gasteiger charge is -2.40. The fraction of sp³-hybridized carbons (Fsp3) is 0.481. The van der Waals surface area contributed by atoms with Crippen molar-refractivity contribution in [1.29, 1.82) is 0 Å². The zero-order chi connectivity index (χ0) is 26.4. The van der Waals surface area contributed by atoms with Crippen LogP contribution in [0.4, 0.5) is 0 Å². The van der Waals surface area contributed by atoms with Crippen LogP contribution in [0.2, 0.25) is 0 Å². The van der Waals surface area contributed by atoms with Gasteiger partial charge in [0, 0.05) is 25.7 Å². The standard InChI is InChI=1S/C27H37N3O6/c1-8-30(9-2)13-12-28-26(31)24-18-15-22(35-6)23(36-7)16-19(18)27(32)29(3)25(24)17-10-11-20(33-4)21(14-17)34-5/h10-11,14-16,24-25H,8-9,12-13H2,1-7H3,(H,28,31)/t24-,25-/m0/s1. The molecule has 1 aliphatic rings. The number of fused-ring (bicyclic) bond motifs is 1. The van der Waals surface area contributed by atoms with Crippen molar-refractivity contribution in [3.8, 4) is 23.0 Å². The summed E-state index contributed by atoms with van der Waals surface area (Å²) in [5, 5.41) is 3.10. The molecule has 36 heavy (non-hydrogen) atoms. The molecule has 0 saturated carbocycles. The van der Waals surface area contributed by atoms with Gasteiger partial charge in [-0.3, -0.25) is 9.59 Å². The highest BCUT2D eigenvalue weighted by molar-refractivity contribution is 6.02. The minimum Gasteiger partial charge on any atom is -0.493 e. The molecule has 0 radical (unpaired) electrons. The number of benzene rings is 2. The molecule has 0 unspecified atom stereocenters. The summed E-state index contributed by atoms with van der Waals surface area (Å²) in [7, 11) is 7.88. The minimum atomic E-state index is -0.683. The zero-order valence-corrected chi connectivity index (χ0v) is 22.2. The second-order valence-electron chi connectivity index (χ2n) is 8.57. The van der Waals surface area contributed by atoms with Crippen LogP contribution < -0.4 is 24.3 Å². The van der Waals surface area contributed by atoms with Crippen LogP contribution in [-0.2, 0) is 4.79 Å². The molecular weight excluding hydrogens is 462 g/mol. The topological polar surface area (TPSA) is 89.6 Å². The molecule has 9 heteroatoms. The summed E-state index contributed by atoms with van der Waals surface area (Å²) >= 11 is 0. The molecule has 0 fully saturated rings. The third-order valence-electron chi connectivity index (χ3n) is 6.83. The van der Waals surface area contributed by atoms with E-state index in [1.807, 2.05) is 12.1 Å². The van der Waals surface area contributed by atoms with Crippen molar-refractivity contribution in [1.82, 2.24) is 15.1 Å². The molecule has 1 aliphatic heterocycles. The van der Waals surface area contributed by atoms with E-state index in [0.717, 1.165) is 25.2 Å². The quantitative estimate of drug-likeness (QED) is 0.508. The SMILES string of the molecule is CCN(CC)CCNC(=O)[C@H]1c2cc(OC)c(OC)cc2C(=O)N(C)[C@H]1c1ccc(OC)c(OC)c1. The van der Waals surface area contributed by atoms with Gasteiger partial charge in [0.1, 0.15) is 0 Å². The lowest BCUT2D eigenvalue weighted by Crippen LogP contribution is -2.46. The highest BCUT2D eigenvalue weighted by Gasteiger charge is 2.43. The first-order valence-corrected chi connectivity index (χ1v) is 12.1. The Morgan fingerprint density at radius 3 is 2.08 bits per heavy atom. The van der Waals surface area contributed by atoms with Gasteiger partial charge in [-0.05, 0) is 48.5 Å². The number of hydrogen-bond acceptors (Lipinski definition) is 7. The van der Waals surface area contributed by atoms with Crippen LogP contribution in [0.15, 0.2) is 30.3 Å². The molecule has 0 bridgehead atoms. The maximum Gasteiger partial charge on any atom is 0.254 e. The van der Waals surface area contributed by atoms with Crippen molar-refractivity contribution in [2.75, 3.05) is 61.7 Å². The first-order valence-electron chi connectivity index (χ1n) is 12.1. The molecule has 0 aliphatic carbocycles. The predicted octanol–water partition coefficient (Wildman–Crippen LogP) is 3.09. The summed E-state index contributed by atoms with van der Waals surface area (Å²) in [4.78, 5) is 31.2. The summed E-state index contributed by atoms with van der Waals surface area (Å²) < 4.78 is 21.8. The van der Waals surface area contributed by atoms with Gasteiger partial charge in [-0.1, -0.05) is 19.9 Å². The first kappa shape index (κ1) is 27.1. The van der Waals surface area contributed by atoms with Gasteiger partial charge >= 0.3 is 0 Å². The van der Waals surface area contributed by atoms with Crippen LogP contribution in [0.3, 0.4) is 0 Å². The molecule has 1 heterocycles. The lowest BCUT2D eigenvalue weighted by atomic mass is 9.79. The van der Waals surface area contributed by atoms with E-state index in [2.05, 4.69) is 24.1 Å². The van der Waals surface area contributed by atoms with Crippen LogP contribution in [0.5, 0.6) is 23.0 Å². The molecule has 196 valence electrons. The van der Waals surface area contributed by atoms with Gasteiger partial charge in [-0.15, -0.1) is 0 Å². The average molecular weight is 500 g/mol. The number of nitrogens with one attached hydrogen (secondary N) is 1. The van der Waals surface area contributed by atoms with Gasteiger partial charge in [0.25, 0.3) is 5.91 Å². The van der Waals surface area contributed by atoms with E-state index < -0.39 is 12.0 Å². The minimum absolute atomic E-state index is 0.172. The Kier molecular flexibility index (Phi) is 9.03. The number of hydrogen-bond donors (Lipinski definition) is 1. The molecule has 0 aromatic heterocycles. The number of methoxy groups -OCH3 is 4. The van der Waals surface area contributed by atoms with Crippen LogP contribution in [-0.4, -0.2) is 83.3 Å². The predicted molar refractivity (Wildman–Crippen MR) is 137 cm³/mol. The van der Waals surface area contributed by atoms with E-state index in [1.54, 1.807) is 44.4 Å². The average Bonchev–Trinajstić information content (AvgIpc) is 2.91. The lowest BCUT2D eigenvalue weighted by molar-refractivity contribution is -0.124. The summed E-state index contributed by atoms with van der Waals surface area (Å²) in [5.74, 6) is 0.918. The van der Waals surface area contributed by atoms with Crippen molar-refractivity contribution in [3.63, 3.8) is 0 Å². The molecule has 2 amide bonds. The van der Waals surface area contributed by atoms with E-state index in [4.69, 9.17) is 18.9 Å². The summed E-state index contributed by atoms with van der Waals surface area (Å²) in [6.45, 7) is 7.23. The van der Waals surface area contributed by atoms with Crippen molar-refractivity contribution in [2.45, 2.75) is 25.8 Å². The molecular formula is C27H37N3O6. The summed E-state index contributed by atoms with van der Waals surface area (Å²) in [5.41, 5.74) is 1.76. The molecule has 0 saturated heterocycles. The number of carbonyl (C=O) groups excluding carboxylic acids is 2. The molecule has 0 spiro atoms. The van der Waals surface area contributed by atoms with Crippen molar-refractivity contribution in [2.24, 2.45) is 0 Å². The molecule has 2 aromatic rings. The van der Waals surface area contributed by atoms with Crippen molar-refractivity contribution in [3.05, 3.63) is 47.0 Å². The largest absolute Gasteiger partial charge is 0.493 e. The van der Waals surface area contributed by atoms with E-state index >= 15 is 0 Å². The number of nitrogens with zero attached hydrogens (tertiary/aromatic N) is 2. The Morgan fingerprint density at radius 2 is 1.50 bits per heavy atom. The number of carbonyl (C=O) groups is 2. The first-order chi connectivity index (χ1) is 17.3. The second kappa shape index (κ2) is 12.0. The van der Waals surface area contributed by atoms with E-state index in [9.17, 15) is 9.59 Å². The van der Waals surface area contributed by atoms with Gasteiger partial charge in [0.2, 0.25) is 5.91 Å². The second-order valence-corrected chi connectivity index (χ2v) is 8.57. The Bertz CT molecular complexity index is 1090. The fourth-order valence-corrected chi connectivity index (χ4v) is 4.77. The van der Waals surface area contributed by atoms with Crippen LogP contribution in [0.1, 0.15) is 47.3 Å². The fourth-order valence-electron chi connectivity index (χ4n) is 4.77. The highest BCUT2D eigenvalue weighted by atomic mass is 16.5. The van der Waals surface area contributed by atoms with Gasteiger partial charge in [0.15, 0.2) is 23.0 Å². The van der Waals surface area contributed by atoms with Gasteiger partial charge < -0.3 is 34.1 Å². The molecule has 2 aromatic carbocycles. The summed E-state index contributed by atoms with van der Waals surface area (Å²) in [6, 6.07) is 8.27. The van der Waals surface area contributed by atoms with E-state index in [-0.39, 0.29) is 11.8 Å². The maximum absolute atomic E-state index is 13.8. The Balaban J connectivity index is 2.12. The van der Waals surface area contributed by atoms with E-state index in [1.165, 1.54) is 14.2 Å². The summed E-state index contributed by atoms with van der Waals surface area (Å²) in [6.07, 6.45) is 0. The Hall–Kier alpha value is -3.46. The Labute approximate surface area is 213 Å². The van der Waals surface area contributed by atoms with Crippen LogP contribution >= 0.6 is 0 Å². The molecule has 1 N–H and O–H groups in total. The molecule has 9 nitrogen and oxygen atoms in total. The van der Waals surface area contributed by atoms with Crippen LogP contribution in [0.25, 0.3) is 0 Å². The monoisotopic (exact) mass is 499 g/mol. The van der Waals surface area contributed by atoms with Crippen molar-refractivity contribution >= 4 is 11.8 Å². The van der Waals surface area contributed by atoms with Crippen molar-refractivity contribution < 1.29 is 28.5 Å². The third-order valence-corrected chi connectivity index (χ3v) is 6.83. The smallest absolute Gasteiger partial charge is 0.254 e. The number of amides is 2. The number of rotatable bonds is 11. The molecule has 3 rings (SSSR count). The number of likely N-dealkylation sites (N-methyl/N-ethyl adjacent to an activating group) is 2. The van der Waals surface area contributed by atoms with Gasteiger partial charge in [0.05, 0.1) is 40.4 Å². The third kappa shape index (κ3) is 5.21. The Morgan fingerprint density at radius 1 is 0.917 bits per heavy atom. The number of ether oxygens (including phenoxy) is 4. The molecule has 2 atom stereocenters. The van der Waals surface area contributed by atoms with Gasteiger partial charge in [-0.25, -0.2) is 0 Å². The van der Waals surface area contributed by atoms with Crippen LogP contribution in [0, 0.1) is 0 Å². The van der Waals surface area contributed by atoms with Gasteiger partial charge in [-0.2, -0.15) is 0 Å². The normalized spacial score (nSPS) is 17.0.